The number of likely N-dealkylation sites (tertiary alicyclic amines) is 9. The van der Waals surface area contributed by atoms with E-state index in [4.69, 9.17) is 10.5 Å². The SMILES string of the molecule is CC1CCN(C)C1=O.CCC1CCOCC1.CCCC1CCNC(=O)C1.CCCCS(C)(=O)=O.CCCCn1cccn1.CCCCn1ccnc1.CN1CC(CC(=O)C2CCCCC2)C1.CN1CC(CC(=O)CC2CC2)C1.CN1CC(CC(=O)Cc2ccccc2)C1.CN1CC(CCc2ccccc2)C1.CN1CC(N)C1.CN1CCC(C)(O)C1=O.CN1CCC1.Cc1nc(-c2ccccn2)n(CCCC(=O)CC2CN(C)C2)c1C. The van der Waals surface area contributed by atoms with E-state index in [-0.39, 0.29) is 17.7 Å². The van der Waals surface area contributed by atoms with Crippen LogP contribution in [-0.2, 0) is 80.6 Å². The molecule has 2 aliphatic carbocycles. The zero-order valence-electron chi connectivity index (χ0n) is 96.7. The van der Waals surface area contributed by atoms with Crippen LogP contribution in [0.3, 0.4) is 0 Å². The van der Waals surface area contributed by atoms with Crippen molar-refractivity contribution in [3.63, 3.8) is 0 Å². The summed E-state index contributed by atoms with van der Waals surface area (Å²) in [4.78, 5) is 112. The fourth-order valence-corrected chi connectivity index (χ4v) is 21.1. The van der Waals surface area contributed by atoms with Crippen LogP contribution in [0.2, 0.25) is 0 Å². The molecule has 30 heteroatoms. The largest absolute Gasteiger partial charge is 0.381 e. The second-order valence-corrected chi connectivity index (χ2v) is 47.9. The predicted octanol–water partition coefficient (Wildman–Crippen LogP) is 17.2. The van der Waals surface area contributed by atoms with Crippen molar-refractivity contribution < 1.29 is 51.8 Å². The first-order valence-electron chi connectivity index (χ1n) is 57.6. The maximum Gasteiger partial charge on any atom is 0.254 e. The number of aromatic nitrogens is 7. The quantitative estimate of drug-likeness (QED) is 0.0345. The van der Waals surface area contributed by atoms with Crippen LogP contribution < -0.4 is 11.1 Å². The second-order valence-electron chi connectivity index (χ2n) is 45.6. The number of benzene rings is 2. The van der Waals surface area contributed by atoms with Gasteiger partial charge in [-0.05, 0) is 256 Å². The maximum absolute atomic E-state index is 12.1. The standard InChI is InChI=1S/C19H26N4O.C13H17NO.C12H21NO.C12H17N.C10H17NO.C8H15NO.2C7H12N2.C7H14O.C6H11NO2.C6H11NO.C5H12O2S.C4H10N2.C4H9N/c1-14-15(2)23(19(21-14)18-8-4-5-9-20-18)10-6-7-17(24)11-16-12-22(3)13-16;1-14-9-12(10-14)8-13(15)7-11-5-3-2-4-6-11;1-13-8-10(9-13)7-12(14)11-5-3-2-4-6-11;1-13-9-12(10-13)8-7-11-5-3-2-4-6-11;1-11-6-9(7-11)5-10(12)4-8-2-3-8;1-2-3-7-4-5-9-8(10)6-7;1-2-3-6-9-7-4-5-8-9;1-2-3-5-9-6-4-8-7-9;1-2-7-3-5-8-6-4-7;1-6(9)3-4-7(2)5(6)8;1-5-3-4-7(2)6(5)8;1-3-4-5-8(2,6)7;1-6-2-4(5)3-6;1-5-3-2-4-5/h4-5,8-9,16H,6-7,10-13H2,1-3H3;2-6,12H,7-10H2,1H3;10-11H,2-9H2,1H3;2-6,12H,7-10H2,1H3;8-9H,2-7H2,1H3;7H,2-6H2,1H3,(H,9,10);4-5,7H,2-3,6H2,1H3;4,6-7H,2-3,5H2,1H3;7H,2-6H2,1H3;9H,3-4H2,1-2H3;5H,3-4H2,1-2H3;3-5H2,1-2H3;4H,2-3,5H2,1H3;2-4H2,1H3. The molecule has 19 rings (SSSR count). The number of sulfone groups is 1. The highest BCUT2D eigenvalue weighted by atomic mass is 32.2. The Hall–Kier alpha value is -8.14. The molecule has 15 heterocycles. The van der Waals surface area contributed by atoms with Crippen molar-refractivity contribution in [3.05, 3.63) is 145 Å². The first kappa shape index (κ1) is 131. The summed E-state index contributed by atoms with van der Waals surface area (Å²) < 4.78 is 32.2. The Morgan fingerprint density at radius 1 is 0.513 bits per heavy atom. The number of piperidine rings is 1. The lowest BCUT2D eigenvalue weighted by Crippen LogP contribution is -2.53. The Labute approximate surface area is 907 Å². The Kier molecular flexibility index (Phi) is 63.8. The summed E-state index contributed by atoms with van der Waals surface area (Å²) in [6.07, 6.45) is 48.1. The number of unbranched alkanes of at least 4 members (excludes halogenated alkanes) is 3. The number of hydrogen-bond acceptors (Lipinski definition) is 23. The summed E-state index contributed by atoms with van der Waals surface area (Å²) in [5.41, 5.74) is 10.0. The van der Waals surface area contributed by atoms with E-state index in [9.17, 15) is 47.1 Å². The summed E-state index contributed by atoms with van der Waals surface area (Å²) in [5.74, 6) is 10.0. The Bertz CT molecular complexity index is 4650. The van der Waals surface area contributed by atoms with Gasteiger partial charge in [0.25, 0.3) is 5.91 Å². The predicted molar refractivity (Wildman–Crippen MR) is 612 cm³/mol. The van der Waals surface area contributed by atoms with Gasteiger partial charge in [0, 0.05) is 269 Å². The number of aryl methyl sites for hydroxylation is 4. The third-order valence-electron chi connectivity index (χ3n) is 30.2. The molecule has 0 bridgehead atoms. The number of amides is 3. The lowest BCUT2D eigenvalue weighted by atomic mass is 9.82. The van der Waals surface area contributed by atoms with Crippen molar-refractivity contribution in [3.8, 4) is 11.5 Å². The number of carbonyl (C=O) groups is 7. The van der Waals surface area contributed by atoms with Crippen molar-refractivity contribution in [1.82, 2.24) is 83.3 Å². The molecule has 6 aromatic rings. The van der Waals surface area contributed by atoms with E-state index >= 15 is 0 Å². The lowest BCUT2D eigenvalue weighted by molar-refractivity contribution is -0.140. The molecular formula is C120H204N18O11S. The molecule has 4 aromatic heterocycles. The number of nitrogens with two attached hydrogens (primary N) is 1. The van der Waals surface area contributed by atoms with Crippen molar-refractivity contribution >= 4 is 50.7 Å². The number of carbonyl (C=O) groups excluding carboxylic acids is 7. The van der Waals surface area contributed by atoms with Crippen LogP contribution in [0.1, 0.15) is 270 Å². The van der Waals surface area contributed by atoms with Gasteiger partial charge in [0.1, 0.15) is 44.3 Å². The summed E-state index contributed by atoms with van der Waals surface area (Å²) in [7, 11) is 15.7. The molecule has 3 atom stereocenters. The molecule has 846 valence electrons. The molecular weight excluding hydrogens is 1900 g/mol. The minimum Gasteiger partial charge on any atom is -0.381 e. The van der Waals surface area contributed by atoms with E-state index in [1.54, 1.807) is 30.0 Å². The highest BCUT2D eigenvalue weighted by molar-refractivity contribution is 7.90. The molecule has 11 aliphatic heterocycles. The Balaban J connectivity index is 0.000000251. The topological polar surface area (TPSA) is 317 Å². The number of Topliss-reactive ketones (excluding diaryl/α,β-unsaturated/α-hetero) is 4. The number of ether oxygens (including phenoxy) is 1. The van der Waals surface area contributed by atoms with Gasteiger partial charge in [-0.2, -0.15) is 5.10 Å². The van der Waals surface area contributed by atoms with E-state index in [2.05, 4.69) is 183 Å². The number of nitrogens with one attached hydrogen (secondary N) is 1. The molecule has 13 fully saturated rings. The van der Waals surface area contributed by atoms with Crippen LogP contribution in [0.25, 0.3) is 11.5 Å². The van der Waals surface area contributed by atoms with Gasteiger partial charge in [-0.25, -0.2) is 18.4 Å². The fraction of sp³-hybridized carbons (Fsp3) is 0.725. The number of pyridine rings is 1. The molecule has 0 spiro atoms. The Morgan fingerprint density at radius 3 is 1.47 bits per heavy atom. The van der Waals surface area contributed by atoms with Crippen LogP contribution >= 0.6 is 0 Å². The average molecular weight is 2110 g/mol. The Morgan fingerprint density at radius 2 is 1.05 bits per heavy atom. The van der Waals surface area contributed by atoms with Gasteiger partial charge in [0.05, 0.1) is 12.0 Å². The highest BCUT2D eigenvalue weighted by Gasteiger charge is 2.39. The lowest BCUT2D eigenvalue weighted by Gasteiger charge is -2.36. The van der Waals surface area contributed by atoms with Crippen molar-refractivity contribution in [2.24, 2.45) is 64.9 Å². The van der Waals surface area contributed by atoms with Crippen molar-refractivity contribution in [2.75, 3.05) is 200 Å². The average Bonchev–Trinajstić information content (AvgIpc) is 1.66. The number of hydrogen-bond donors (Lipinski definition) is 3. The van der Waals surface area contributed by atoms with Gasteiger partial charge >= 0.3 is 0 Å². The van der Waals surface area contributed by atoms with Crippen molar-refractivity contribution in [1.29, 1.82) is 0 Å². The highest BCUT2D eigenvalue weighted by Crippen LogP contribution is 2.35. The first-order chi connectivity index (χ1) is 71.7. The molecule has 4 N–H and O–H groups in total. The van der Waals surface area contributed by atoms with E-state index < -0.39 is 15.4 Å². The number of nitrogens with zero attached hydrogens (tertiary/aromatic N) is 16. The molecule has 2 saturated carbocycles. The summed E-state index contributed by atoms with van der Waals surface area (Å²) in [6.45, 7) is 42.2. The number of imidazole rings is 2. The number of ketones is 4. The fourth-order valence-electron chi connectivity index (χ4n) is 20.3. The first-order valence-corrected chi connectivity index (χ1v) is 59.6. The van der Waals surface area contributed by atoms with Gasteiger partial charge < -0.3 is 74.1 Å². The molecule has 2 aromatic carbocycles. The number of rotatable bonds is 33. The third-order valence-corrected chi connectivity index (χ3v) is 31.2. The maximum atomic E-state index is 12.1. The summed E-state index contributed by atoms with van der Waals surface area (Å²) in [6, 6.07) is 29.1. The van der Waals surface area contributed by atoms with Crippen LogP contribution in [0.4, 0.5) is 0 Å². The smallest absolute Gasteiger partial charge is 0.254 e. The van der Waals surface area contributed by atoms with Gasteiger partial charge in [0.2, 0.25) is 11.8 Å². The van der Waals surface area contributed by atoms with E-state index in [0.717, 1.165) is 222 Å². The number of likely N-dealkylation sites (N-methyl/N-ethyl adjacent to an activating group) is 2. The minimum atomic E-state index is -2.69. The summed E-state index contributed by atoms with van der Waals surface area (Å²) in [5, 5.41) is 16.1. The molecule has 150 heavy (non-hydrogen) atoms. The zero-order valence-corrected chi connectivity index (χ0v) is 97.5. The van der Waals surface area contributed by atoms with E-state index in [1.165, 1.54) is 166 Å². The van der Waals surface area contributed by atoms with Gasteiger partial charge in [-0.3, -0.25) is 43.2 Å². The number of aliphatic hydroxyl groups is 1. The van der Waals surface area contributed by atoms with Crippen molar-refractivity contribution in [2.45, 2.75) is 305 Å². The molecule has 13 aliphatic rings. The van der Waals surface area contributed by atoms with Crippen LogP contribution in [0, 0.1) is 73.0 Å². The third kappa shape index (κ3) is 56.3. The van der Waals surface area contributed by atoms with Gasteiger partial charge in [-0.15, -0.1) is 0 Å². The van der Waals surface area contributed by atoms with Gasteiger partial charge in [0.15, 0.2) is 5.82 Å². The minimum absolute atomic E-state index is 0.164. The van der Waals surface area contributed by atoms with Gasteiger partial charge in [-0.1, -0.05) is 166 Å². The van der Waals surface area contributed by atoms with Crippen LogP contribution in [0.15, 0.2) is 122 Å². The molecule has 0 radical (unpaired) electrons. The molecule has 29 nitrogen and oxygen atoms in total. The zero-order chi connectivity index (χ0) is 110. The van der Waals surface area contributed by atoms with E-state index in [0.29, 0.717) is 102 Å². The molecule has 3 amide bonds. The van der Waals surface area contributed by atoms with Crippen LogP contribution in [-0.4, -0.2) is 344 Å². The van der Waals surface area contributed by atoms with Crippen LogP contribution in [0.5, 0.6) is 0 Å². The van der Waals surface area contributed by atoms with E-state index in [1.807, 2.05) is 118 Å². The normalized spacial score (nSPS) is 20.8. The molecule has 3 unspecified atom stereocenters. The monoisotopic (exact) mass is 2110 g/mol. The molecule has 11 saturated heterocycles. The summed E-state index contributed by atoms with van der Waals surface area (Å²) >= 11 is 0. The second kappa shape index (κ2) is 73.3.